The maximum Gasteiger partial charge on any atom is 0.410 e. The van der Waals surface area contributed by atoms with E-state index in [0.717, 1.165) is 40.4 Å². The fourth-order valence-corrected chi connectivity index (χ4v) is 3.61. The average molecular weight is 409 g/mol. The van der Waals surface area contributed by atoms with Gasteiger partial charge in [0, 0.05) is 25.1 Å². The number of nitrogens with one attached hydrogen (secondary N) is 2. The second-order valence-corrected chi connectivity index (χ2v) is 8.57. The highest BCUT2D eigenvalue weighted by Crippen LogP contribution is 2.25. The number of imidazole rings is 1. The summed E-state index contributed by atoms with van der Waals surface area (Å²) in [6.07, 6.45) is 1.15. The highest BCUT2D eigenvalue weighted by molar-refractivity contribution is 5.74. The maximum absolute atomic E-state index is 12.4. The van der Waals surface area contributed by atoms with Crippen LogP contribution in [0.25, 0.3) is 11.0 Å². The Hall–Kier alpha value is -3.16. The molecule has 1 aliphatic heterocycles. The maximum atomic E-state index is 12.4. The van der Waals surface area contributed by atoms with E-state index in [1.165, 1.54) is 0 Å². The van der Waals surface area contributed by atoms with E-state index in [9.17, 15) is 4.79 Å². The standard InChI is InChI=1S/C22H28N6O2/c1-14-24-18-13-28(21(29)30-22(2,3)4)12-10-15(18)20(25-14)23-11-9-19-26-16-7-5-6-8-17(16)27-19/h5-8H,9-13H2,1-4H3,(H,26,27)(H,23,24,25). The van der Waals surface area contributed by atoms with Crippen LogP contribution in [-0.4, -0.2) is 49.6 Å². The third-order valence-corrected chi connectivity index (χ3v) is 4.92. The van der Waals surface area contributed by atoms with E-state index in [0.29, 0.717) is 31.9 Å². The van der Waals surface area contributed by atoms with Crippen molar-refractivity contribution in [3.63, 3.8) is 0 Å². The van der Waals surface area contributed by atoms with E-state index < -0.39 is 5.60 Å². The quantitative estimate of drug-likeness (QED) is 0.685. The molecule has 0 spiro atoms. The van der Waals surface area contributed by atoms with Crippen molar-refractivity contribution in [2.45, 2.75) is 52.7 Å². The molecule has 8 nitrogen and oxygen atoms in total. The molecule has 0 radical (unpaired) electrons. The Bertz CT molecular complexity index is 1040. The summed E-state index contributed by atoms with van der Waals surface area (Å²) in [5.41, 5.74) is 3.47. The third kappa shape index (κ3) is 4.53. The minimum Gasteiger partial charge on any atom is -0.444 e. The van der Waals surface area contributed by atoms with Gasteiger partial charge in [-0.1, -0.05) is 12.1 Å². The molecule has 0 atom stereocenters. The van der Waals surface area contributed by atoms with Gasteiger partial charge in [-0.2, -0.15) is 0 Å². The van der Waals surface area contributed by atoms with Gasteiger partial charge in [0.2, 0.25) is 0 Å². The van der Waals surface area contributed by atoms with Crippen LogP contribution in [0.3, 0.4) is 0 Å². The molecule has 3 aromatic rings. The van der Waals surface area contributed by atoms with Crippen LogP contribution in [0.1, 0.15) is 43.7 Å². The number of aromatic amines is 1. The molecule has 3 heterocycles. The molecule has 8 heteroatoms. The fraction of sp³-hybridized carbons (Fsp3) is 0.455. The number of nitrogens with zero attached hydrogens (tertiary/aromatic N) is 4. The van der Waals surface area contributed by atoms with Crippen molar-refractivity contribution in [1.82, 2.24) is 24.8 Å². The van der Waals surface area contributed by atoms with Crippen molar-refractivity contribution in [3.05, 3.63) is 47.2 Å². The summed E-state index contributed by atoms with van der Waals surface area (Å²) in [5.74, 6) is 2.47. The number of rotatable bonds is 4. The average Bonchev–Trinajstić information content (AvgIpc) is 3.08. The predicted octanol–water partition coefficient (Wildman–Crippen LogP) is 3.61. The molecule has 2 N–H and O–H groups in total. The number of amides is 1. The van der Waals surface area contributed by atoms with Crippen molar-refractivity contribution in [1.29, 1.82) is 0 Å². The molecule has 1 amide bonds. The molecule has 0 saturated heterocycles. The minimum absolute atomic E-state index is 0.302. The molecule has 0 bridgehead atoms. The minimum atomic E-state index is -0.512. The van der Waals surface area contributed by atoms with Gasteiger partial charge in [0.15, 0.2) is 0 Å². The third-order valence-electron chi connectivity index (χ3n) is 4.92. The smallest absolute Gasteiger partial charge is 0.410 e. The number of aryl methyl sites for hydroxylation is 1. The van der Waals surface area contributed by atoms with Crippen molar-refractivity contribution in [2.75, 3.05) is 18.4 Å². The first kappa shape index (κ1) is 20.1. The number of para-hydroxylation sites is 2. The Labute approximate surface area is 176 Å². The molecule has 30 heavy (non-hydrogen) atoms. The summed E-state index contributed by atoms with van der Waals surface area (Å²) < 4.78 is 5.51. The van der Waals surface area contributed by atoms with Crippen molar-refractivity contribution < 1.29 is 9.53 Å². The van der Waals surface area contributed by atoms with Crippen LogP contribution >= 0.6 is 0 Å². The lowest BCUT2D eigenvalue weighted by molar-refractivity contribution is 0.0220. The van der Waals surface area contributed by atoms with Gasteiger partial charge in [-0.3, -0.25) is 0 Å². The van der Waals surface area contributed by atoms with Gasteiger partial charge in [0.1, 0.15) is 23.1 Å². The van der Waals surface area contributed by atoms with Crippen LogP contribution in [0.2, 0.25) is 0 Å². The van der Waals surface area contributed by atoms with Gasteiger partial charge >= 0.3 is 6.09 Å². The Balaban J connectivity index is 1.43. The van der Waals surface area contributed by atoms with E-state index in [2.05, 4.69) is 25.3 Å². The number of hydrogen-bond acceptors (Lipinski definition) is 6. The highest BCUT2D eigenvalue weighted by Gasteiger charge is 2.28. The number of fused-ring (bicyclic) bond motifs is 2. The molecular weight excluding hydrogens is 380 g/mol. The van der Waals surface area contributed by atoms with Gasteiger partial charge in [-0.05, 0) is 46.2 Å². The number of benzene rings is 1. The normalized spacial score (nSPS) is 13.9. The number of carbonyl (C=O) groups is 1. The van der Waals surface area contributed by atoms with E-state index in [4.69, 9.17) is 4.74 Å². The van der Waals surface area contributed by atoms with E-state index >= 15 is 0 Å². The zero-order valence-electron chi connectivity index (χ0n) is 18.0. The van der Waals surface area contributed by atoms with Crippen molar-refractivity contribution in [2.24, 2.45) is 0 Å². The van der Waals surface area contributed by atoms with Gasteiger partial charge in [0.25, 0.3) is 0 Å². The first-order valence-electron chi connectivity index (χ1n) is 10.3. The van der Waals surface area contributed by atoms with E-state index in [1.807, 2.05) is 52.0 Å². The monoisotopic (exact) mass is 408 g/mol. The van der Waals surface area contributed by atoms with Crippen molar-refractivity contribution >= 4 is 22.9 Å². The molecule has 4 rings (SSSR count). The van der Waals surface area contributed by atoms with Crippen LogP contribution in [-0.2, 0) is 24.1 Å². The Morgan fingerprint density at radius 1 is 1.23 bits per heavy atom. The predicted molar refractivity (Wildman–Crippen MR) is 115 cm³/mol. The van der Waals surface area contributed by atoms with Gasteiger partial charge in [0.05, 0.1) is 23.3 Å². The number of anilines is 1. The summed E-state index contributed by atoms with van der Waals surface area (Å²) in [4.78, 5) is 31.3. The molecule has 2 aromatic heterocycles. The van der Waals surface area contributed by atoms with Crippen LogP contribution in [0.4, 0.5) is 10.6 Å². The van der Waals surface area contributed by atoms with Crippen LogP contribution in [0.5, 0.6) is 0 Å². The van der Waals surface area contributed by atoms with Gasteiger partial charge in [-0.25, -0.2) is 19.7 Å². The summed E-state index contributed by atoms with van der Waals surface area (Å²) in [5, 5.41) is 3.44. The van der Waals surface area contributed by atoms with Crippen LogP contribution in [0.15, 0.2) is 24.3 Å². The first-order chi connectivity index (χ1) is 14.3. The number of hydrogen-bond donors (Lipinski definition) is 2. The van der Waals surface area contributed by atoms with Gasteiger partial charge < -0.3 is 19.9 Å². The summed E-state index contributed by atoms with van der Waals surface area (Å²) >= 11 is 0. The van der Waals surface area contributed by atoms with Crippen molar-refractivity contribution in [3.8, 4) is 0 Å². The molecular formula is C22H28N6O2. The zero-order chi connectivity index (χ0) is 21.3. The Kier molecular flexibility index (Phi) is 5.32. The lowest BCUT2D eigenvalue weighted by atomic mass is 10.1. The molecule has 0 unspecified atom stereocenters. The largest absolute Gasteiger partial charge is 0.444 e. The Morgan fingerprint density at radius 3 is 2.80 bits per heavy atom. The second-order valence-electron chi connectivity index (χ2n) is 8.57. The van der Waals surface area contributed by atoms with E-state index in [1.54, 1.807) is 4.90 Å². The zero-order valence-corrected chi connectivity index (χ0v) is 18.0. The number of aromatic nitrogens is 4. The highest BCUT2D eigenvalue weighted by atomic mass is 16.6. The first-order valence-corrected chi connectivity index (χ1v) is 10.3. The summed E-state index contributed by atoms with van der Waals surface area (Å²) in [7, 11) is 0. The molecule has 0 saturated carbocycles. The van der Waals surface area contributed by atoms with Crippen LogP contribution < -0.4 is 5.32 Å². The summed E-state index contributed by atoms with van der Waals surface area (Å²) in [6, 6.07) is 8.02. The number of carbonyl (C=O) groups excluding carboxylic acids is 1. The fourth-order valence-electron chi connectivity index (χ4n) is 3.61. The molecule has 0 fully saturated rings. The lowest BCUT2D eigenvalue weighted by Gasteiger charge is -2.31. The van der Waals surface area contributed by atoms with Crippen LogP contribution in [0, 0.1) is 6.92 Å². The van der Waals surface area contributed by atoms with Gasteiger partial charge in [-0.15, -0.1) is 0 Å². The molecule has 0 aliphatic carbocycles. The number of H-pyrrole nitrogens is 1. The second kappa shape index (κ2) is 7.93. The number of ether oxygens (including phenoxy) is 1. The SMILES string of the molecule is Cc1nc2c(c(NCCc3nc4ccccc4[nH]3)n1)CCN(C(=O)OC(C)(C)C)C2. The summed E-state index contributed by atoms with van der Waals surface area (Å²) in [6.45, 7) is 9.23. The van der Waals surface area contributed by atoms with E-state index in [-0.39, 0.29) is 6.09 Å². The Morgan fingerprint density at radius 2 is 2.03 bits per heavy atom. The lowest BCUT2D eigenvalue weighted by Crippen LogP contribution is -2.40. The topological polar surface area (TPSA) is 96.0 Å². The molecule has 1 aliphatic rings. The molecule has 1 aromatic carbocycles. The molecule has 158 valence electrons.